The first kappa shape index (κ1) is 13.0. The molecule has 1 unspecified atom stereocenters. The Hall–Kier alpha value is -1.97. The zero-order valence-corrected chi connectivity index (χ0v) is 10.6. The molecule has 0 amide bonds. The summed E-state index contributed by atoms with van der Waals surface area (Å²) >= 11 is 0. The van der Waals surface area contributed by atoms with E-state index >= 15 is 0 Å². The molecule has 3 atom stereocenters. The van der Waals surface area contributed by atoms with E-state index in [1.807, 2.05) is 0 Å². The van der Waals surface area contributed by atoms with Gasteiger partial charge in [0.15, 0.2) is 11.2 Å². The van der Waals surface area contributed by atoms with E-state index in [9.17, 15) is 15.0 Å². The number of aromatic nitrogens is 4. The van der Waals surface area contributed by atoms with Gasteiger partial charge in [-0.15, -0.1) is 0 Å². The number of aliphatic hydroxyl groups excluding tert-OH is 2. The topological polar surface area (TPSA) is 139 Å². The fourth-order valence-corrected chi connectivity index (χ4v) is 2.62. The molecule has 1 saturated heterocycles. The predicted octanol–water partition coefficient (Wildman–Crippen LogP) is -1.76. The Balaban J connectivity index is 2.09. The van der Waals surface area contributed by atoms with Crippen LogP contribution in [0.1, 0.15) is 6.04 Å². The van der Waals surface area contributed by atoms with Crippen LogP contribution >= 0.6 is 0 Å². The minimum absolute atomic E-state index is 0.00224. The number of H-pyrrole nitrogens is 1. The van der Waals surface area contributed by atoms with Gasteiger partial charge in [0.05, 0.1) is 38.3 Å². The average Bonchev–Trinajstić information content (AvgIpc) is 3.00. The second-order valence-electron chi connectivity index (χ2n) is 4.74. The molecule has 0 radical (unpaired) electrons. The number of aromatic amines is 1. The van der Waals surface area contributed by atoms with E-state index in [1.54, 1.807) is 4.57 Å². The molecule has 1 aliphatic rings. The lowest BCUT2D eigenvalue weighted by molar-refractivity contribution is 0.0268. The monoisotopic (exact) mass is 281 g/mol. The van der Waals surface area contributed by atoms with Crippen LogP contribution in [-0.2, 0) is 4.74 Å². The molecule has 1 fully saturated rings. The Kier molecular flexibility index (Phi) is 3.16. The summed E-state index contributed by atoms with van der Waals surface area (Å²) in [7, 11) is 0. The van der Waals surface area contributed by atoms with Crippen LogP contribution in [0.5, 0.6) is 0 Å². The molecule has 0 aromatic carbocycles. The van der Waals surface area contributed by atoms with Gasteiger partial charge in [0.2, 0.25) is 5.95 Å². The molecule has 2 aromatic heterocycles. The fraction of sp³-hybridized carbons (Fsp3) is 0.545. The lowest BCUT2D eigenvalue weighted by Gasteiger charge is -2.20. The highest BCUT2D eigenvalue weighted by Gasteiger charge is 2.38. The van der Waals surface area contributed by atoms with Gasteiger partial charge in [-0.1, -0.05) is 0 Å². The van der Waals surface area contributed by atoms with E-state index in [0.29, 0.717) is 12.3 Å². The van der Waals surface area contributed by atoms with Crippen LogP contribution in [-0.4, -0.2) is 55.7 Å². The summed E-state index contributed by atoms with van der Waals surface area (Å²) < 4.78 is 7.11. The number of rotatable bonds is 3. The molecule has 5 N–H and O–H groups in total. The largest absolute Gasteiger partial charge is 0.396 e. The molecule has 20 heavy (non-hydrogen) atoms. The number of nitrogens with one attached hydrogen (secondary N) is 1. The molecule has 3 rings (SSSR count). The second kappa shape index (κ2) is 4.85. The molecule has 9 nitrogen and oxygen atoms in total. The van der Waals surface area contributed by atoms with Crippen molar-refractivity contribution in [3.8, 4) is 0 Å². The number of imidazole rings is 1. The van der Waals surface area contributed by atoms with Gasteiger partial charge in [0.25, 0.3) is 5.56 Å². The number of hydrogen-bond acceptors (Lipinski definition) is 7. The Bertz CT molecular complexity index is 681. The van der Waals surface area contributed by atoms with Gasteiger partial charge in [-0.25, -0.2) is 4.98 Å². The number of anilines is 1. The molecule has 2 aromatic rings. The molecule has 0 spiro atoms. The van der Waals surface area contributed by atoms with Gasteiger partial charge in [-0.3, -0.25) is 9.78 Å². The summed E-state index contributed by atoms with van der Waals surface area (Å²) in [4.78, 5) is 22.2. The van der Waals surface area contributed by atoms with Gasteiger partial charge < -0.3 is 25.3 Å². The van der Waals surface area contributed by atoms with E-state index in [0.717, 1.165) is 0 Å². The Morgan fingerprint density at radius 2 is 2.30 bits per heavy atom. The highest BCUT2D eigenvalue weighted by molar-refractivity contribution is 5.70. The van der Waals surface area contributed by atoms with Crippen molar-refractivity contribution in [1.82, 2.24) is 19.5 Å². The van der Waals surface area contributed by atoms with Crippen LogP contribution in [0, 0.1) is 5.92 Å². The summed E-state index contributed by atoms with van der Waals surface area (Å²) in [5.74, 6) is -0.290. The molecule has 1 aliphatic heterocycles. The summed E-state index contributed by atoms with van der Waals surface area (Å²) in [6, 6.07) is -0.254. The van der Waals surface area contributed by atoms with Crippen molar-refractivity contribution in [2.75, 3.05) is 25.6 Å². The van der Waals surface area contributed by atoms with Crippen molar-refractivity contribution in [3.63, 3.8) is 0 Å². The molecule has 0 aliphatic carbocycles. The minimum atomic E-state index is -0.443. The van der Waals surface area contributed by atoms with Crippen molar-refractivity contribution < 1.29 is 14.9 Å². The average molecular weight is 281 g/mol. The van der Waals surface area contributed by atoms with Gasteiger partial charge >= 0.3 is 0 Å². The van der Waals surface area contributed by atoms with Gasteiger partial charge in [-0.05, 0) is 0 Å². The summed E-state index contributed by atoms with van der Waals surface area (Å²) in [5.41, 5.74) is 5.66. The Morgan fingerprint density at radius 3 is 3.00 bits per heavy atom. The molecule has 9 heteroatoms. The quantitative estimate of drug-likeness (QED) is 0.522. The minimum Gasteiger partial charge on any atom is -0.396 e. The van der Waals surface area contributed by atoms with Crippen molar-refractivity contribution in [2.24, 2.45) is 5.92 Å². The van der Waals surface area contributed by atoms with Crippen LogP contribution in [0.3, 0.4) is 0 Å². The van der Waals surface area contributed by atoms with E-state index in [2.05, 4.69) is 15.0 Å². The van der Waals surface area contributed by atoms with Crippen LogP contribution in [0.2, 0.25) is 0 Å². The third-order valence-corrected chi connectivity index (χ3v) is 3.65. The predicted molar refractivity (Wildman–Crippen MR) is 69.0 cm³/mol. The van der Waals surface area contributed by atoms with Crippen molar-refractivity contribution in [2.45, 2.75) is 12.1 Å². The highest BCUT2D eigenvalue weighted by atomic mass is 16.5. The van der Waals surface area contributed by atoms with Crippen LogP contribution < -0.4 is 11.3 Å². The fourth-order valence-electron chi connectivity index (χ4n) is 2.62. The van der Waals surface area contributed by atoms with E-state index in [4.69, 9.17) is 10.5 Å². The zero-order chi connectivity index (χ0) is 14.3. The van der Waals surface area contributed by atoms with Crippen molar-refractivity contribution in [3.05, 3.63) is 16.7 Å². The lowest BCUT2D eigenvalue weighted by atomic mass is 9.98. The molecular weight excluding hydrogens is 266 g/mol. The number of nitrogens with two attached hydrogens (primary N) is 1. The Morgan fingerprint density at radius 1 is 1.50 bits per heavy atom. The number of hydrogen-bond donors (Lipinski definition) is 4. The summed E-state index contributed by atoms with van der Waals surface area (Å²) in [6.45, 7) is -0.0188. The van der Waals surface area contributed by atoms with Crippen LogP contribution in [0.15, 0.2) is 11.1 Å². The first-order valence-electron chi connectivity index (χ1n) is 6.21. The van der Waals surface area contributed by atoms with Crippen LogP contribution in [0.4, 0.5) is 5.95 Å². The Labute approximate surface area is 113 Å². The van der Waals surface area contributed by atoms with E-state index < -0.39 is 11.7 Å². The van der Waals surface area contributed by atoms with E-state index in [-0.39, 0.29) is 36.6 Å². The van der Waals surface area contributed by atoms with Gasteiger partial charge in [-0.2, -0.15) is 4.98 Å². The summed E-state index contributed by atoms with van der Waals surface area (Å²) in [6.07, 6.45) is 1.03. The molecule has 108 valence electrons. The second-order valence-corrected chi connectivity index (χ2v) is 4.74. The lowest BCUT2D eigenvalue weighted by Crippen LogP contribution is -2.28. The molecule has 0 saturated carbocycles. The zero-order valence-electron chi connectivity index (χ0n) is 10.6. The summed E-state index contributed by atoms with van der Waals surface area (Å²) in [5, 5.41) is 18.7. The van der Waals surface area contributed by atoms with Crippen molar-refractivity contribution >= 4 is 17.1 Å². The van der Waals surface area contributed by atoms with Crippen molar-refractivity contribution in [1.29, 1.82) is 0 Å². The maximum atomic E-state index is 11.7. The highest BCUT2D eigenvalue weighted by Crippen LogP contribution is 2.32. The molecular formula is C11H15N5O4. The third kappa shape index (κ3) is 1.87. The van der Waals surface area contributed by atoms with E-state index in [1.165, 1.54) is 6.33 Å². The SMILES string of the molecule is Nc1nc2c(ncn2C2CO[C@H](CO)[C@H]2CO)c(=O)[nH]1. The molecule has 0 bridgehead atoms. The van der Waals surface area contributed by atoms with Crippen LogP contribution in [0.25, 0.3) is 11.2 Å². The number of fused-ring (bicyclic) bond motifs is 1. The maximum absolute atomic E-state index is 11.7. The number of nitrogen functional groups attached to an aromatic ring is 1. The number of nitrogens with zero attached hydrogens (tertiary/aromatic N) is 3. The standard InChI is InChI=1S/C11H15N5O4/c12-11-14-9-8(10(19)15-11)13-4-16(9)6-3-20-7(2-18)5(6)1-17/h4-7,17-18H,1-3H2,(H3,12,14,15,19)/t5-,6?,7+/m0/s1. The third-order valence-electron chi connectivity index (χ3n) is 3.65. The first-order chi connectivity index (χ1) is 9.65. The smallest absolute Gasteiger partial charge is 0.280 e. The molecule has 3 heterocycles. The number of ether oxygens (including phenoxy) is 1. The first-order valence-corrected chi connectivity index (χ1v) is 6.21. The van der Waals surface area contributed by atoms with Gasteiger partial charge in [0, 0.05) is 5.92 Å². The maximum Gasteiger partial charge on any atom is 0.280 e. The normalized spacial score (nSPS) is 26.4. The number of aliphatic hydroxyl groups is 2. The van der Waals surface area contributed by atoms with Gasteiger partial charge in [0.1, 0.15) is 0 Å².